The quantitative estimate of drug-likeness (QED) is 0.577. The van der Waals surface area contributed by atoms with E-state index in [1.807, 2.05) is 0 Å². The van der Waals surface area contributed by atoms with Crippen LogP contribution < -0.4 is 0 Å². The molecule has 2 fully saturated rings. The average Bonchev–Trinajstić information content (AvgIpc) is 2.91. The van der Waals surface area contributed by atoms with Crippen molar-refractivity contribution >= 4 is 21.9 Å². The lowest BCUT2D eigenvalue weighted by Gasteiger charge is -2.31. The maximum absolute atomic E-state index is 13.0. The molecule has 0 unspecified atom stereocenters. The van der Waals surface area contributed by atoms with Gasteiger partial charge in [0.15, 0.2) is 0 Å². The molecule has 0 amide bonds. The second-order valence-electron chi connectivity index (χ2n) is 6.57. The van der Waals surface area contributed by atoms with E-state index in [0.717, 1.165) is 5.56 Å². The van der Waals surface area contributed by atoms with Crippen molar-refractivity contribution in [3.8, 4) is 0 Å². The minimum absolute atomic E-state index is 0.102. The number of carbonyl (C=O) groups excluding carboxylic acids is 1. The molecule has 1 saturated heterocycles. The molecule has 0 radical (unpaired) electrons. The monoisotopic (exact) mass is 368 g/mol. The minimum Gasteiger partial charge on any atom is -0.465 e. The van der Waals surface area contributed by atoms with E-state index in [1.165, 1.54) is 44.2 Å². The minimum atomic E-state index is -0.241. The Balaban J connectivity index is 1.69. The fraction of sp³-hybridized carbons (Fsp3) is 0.611. The van der Waals surface area contributed by atoms with Crippen LogP contribution in [0.25, 0.3) is 0 Å². The number of carbonyl (C=O) groups is 1. The molecule has 4 heteroatoms. The standard InChI is InChI=1S/C18H22BrFO2/c19-17(13-4-2-1-3-5-13)16-11-22-18(21)15(16)10-12-6-8-14(20)9-7-12/h6-9,13,15-17H,1-5,10-11H2/t15-,16-,17-/m1/s1. The molecule has 1 aliphatic carbocycles. The number of benzene rings is 1. The van der Waals surface area contributed by atoms with E-state index in [4.69, 9.17) is 4.74 Å². The number of hydrogen-bond donors (Lipinski definition) is 0. The first-order chi connectivity index (χ1) is 10.6. The normalized spacial score (nSPS) is 27.6. The van der Waals surface area contributed by atoms with Crippen molar-refractivity contribution in [2.24, 2.45) is 17.8 Å². The highest BCUT2D eigenvalue weighted by Crippen LogP contribution is 2.40. The maximum atomic E-state index is 13.0. The highest BCUT2D eigenvalue weighted by Gasteiger charge is 2.43. The molecule has 0 bridgehead atoms. The lowest BCUT2D eigenvalue weighted by atomic mass is 9.78. The number of hydrogen-bond acceptors (Lipinski definition) is 2. The Hall–Kier alpha value is -0.900. The summed E-state index contributed by atoms with van der Waals surface area (Å²) in [5, 5.41) is 0. The fourth-order valence-corrected chi connectivity index (χ4v) is 4.85. The Morgan fingerprint density at radius 1 is 1.18 bits per heavy atom. The number of cyclic esters (lactones) is 1. The van der Waals surface area contributed by atoms with Gasteiger partial charge >= 0.3 is 5.97 Å². The summed E-state index contributed by atoms with van der Waals surface area (Å²) < 4.78 is 18.4. The zero-order valence-electron chi connectivity index (χ0n) is 12.6. The zero-order chi connectivity index (χ0) is 15.5. The van der Waals surface area contributed by atoms with E-state index in [1.54, 1.807) is 12.1 Å². The summed E-state index contributed by atoms with van der Waals surface area (Å²) in [7, 11) is 0. The van der Waals surface area contributed by atoms with Crippen molar-refractivity contribution in [1.82, 2.24) is 0 Å². The Bertz CT molecular complexity index is 510. The first-order valence-corrected chi connectivity index (χ1v) is 9.12. The zero-order valence-corrected chi connectivity index (χ0v) is 14.2. The van der Waals surface area contributed by atoms with Crippen molar-refractivity contribution in [3.05, 3.63) is 35.6 Å². The van der Waals surface area contributed by atoms with Crippen LogP contribution in [0.5, 0.6) is 0 Å². The Labute approximate surface area is 139 Å². The summed E-state index contributed by atoms with van der Waals surface area (Å²) in [6.07, 6.45) is 7.02. The molecule has 2 aliphatic rings. The van der Waals surface area contributed by atoms with Gasteiger partial charge < -0.3 is 4.74 Å². The molecule has 120 valence electrons. The Morgan fingerprint density at radius 2 is 1.86 bits per heavy atom. The van der Waals surface area contributed by atoms with Gasteiger partial charge in [-0.3, -0.25) is 4.79 Å². The smallest absolute Gasteiger partial charge is 0.309 e. The summed E-state index contributed by atoms with van der Waals surface area (Å²) in [4.78, 5) is 12.5. The summed E-state index contributed by atoms with van der Waals surface area (Å²) in [5.74, 6) is 0.408. The topological polar surface area (TPSA) is 26.3 Å². The molecular formula is C18H22BrFO2. The van der Waals surface area contributed by atoms with Crippen molar-refractivity contribution in [3.63, 3.8) is 0 Å². The number of halogens is 2. The van der Waals surface area contributed by atoms with Gasteiger partial charge in [-0.1, -0.05) is 47.3 Å². The number of alkyl halides is 1. The molecule has 1 aliphatic heterocycles. The van der Waals surface area contributed by atoms with Crippen LogP contribution in [0, 0.1) is 23.6 Å². The second-order valence-corrected chi connectivity index (χ2v) is 7.63. The summed E-state index contributed by atoms with van der Waals surface area (Å²) in [6.45, 7) is 0.511. The largest absolute Gasteiger partial charge is 0.465 e. The molecule has 0 spiro atoms. The lowest BCUT2D eigenvalue weighted by molar-refractivity contribution is -0.141. The van der Waals surface area contributed by atoms with E-state index in [-0.39, 0.29) is 23.6 Å². The van der Waals surface area contributed by atoms with Crippen LogP contribution in [0.1, 0.15) is 37.7 Å². The molecule has 3 atom stereocenters. The van der Waals surface area contributed by atoms with Gasteiger partial charge in [0.05, 0.1) is 12.5 Å². The van der Waals surface area contributed by atoms with E-state index < -0.39 is 0 Å². The van der Waals surface area contributed by atoms with Crippen molar-refractivity contribution in [2.75, 3.05) is 6.61 Å². The van der Waals surface area contributed by atoms with Crippen LogP contribution >= 0.6 is 15.9 Å². The summed E-state index contributed by atoms with van der Waals surface area (Å²) in [6, 6.07) is 6.44. The van der Waals surface area contributed by atoms with Crippen molar-refractivity contribution in [1.29, 1.82) is 0 Å². The number of rotatable bonds is 4. The Kier molecular flexibility index (Phi) is 5.17. The van der Waals surface area contributed by atoms with E-state index in [9.17, 15) is 9.18 Å². The molecule has 1 heterocycles. The number of ether oxygens (including phenoxy) is 1. The van der Waals surface area contributed by atoms with Crippen LogP contribution in [-0.2, 0) is 16.0 Å². The molecule has 1 saturated carbocycles. The van der Waals surface area contributed by atoms with Crippen LogP contribution in [0.15, 0.2) is 24.3 Å². The first-order valence-electron chi connectivity index (χ1n) is 8.20. The third-order valence-electron chi connectivity index (χ3n) is 5.12. The molecule has 0 aromatic heterocycles. The molecular weight excluding hydrogens is 347 g/mol. The SMILES string of the molecule is O=C1OC[C@@H]([C@H](Br)C2CCCCC2)[C@H]1Cc1ccc(F)cc1. The van der Waals surface area contributed by atoms with Crippen LogP contribution in [-0.4, -0.2) is 17.4 Å². The van der Waals surface area contributed by atoms with E-state index >= 15 is 0 Å². The van der Waals surface area contributed by atoms with Gasteiger partial charge in [0, 0.05) is 10.7 Å². The maximum Gasteiger partial charge on any atom is 0.309 e. The molecule has 1 aromatic carbocycles. The van der Waals surface area contributed by atoms with Crippen LogP contribution in [0.3, 0.4) is 0 Å². The predicted octanol–water partition coefficient (Wildman–Crippen LogP) is 4.50. The molecule has 3 rings (SSSR count). The highest BCUT2D eigenvalue weighted by molar-refractivity contribution is 9.09. The van der Waals surface area contributed by atoms with Gasteiger partial charge in [-0.2, -0.15) is 0 Å². The van der Waals surface area contributed by atoms with Crippen molar-refractivity contribution < 1.29 is 13.9 Å². The average molecular weight is 369 g/mol. The first kappa shape index (κ1) is 16.0. The third-order valence-corrected chi connectivity index (χ3v) is 6.54. The molecule has 22 heavy (non-hydrogen) atoms. The van der Waals surface area contributed by atoms with Gasteiger partial charge in [-0.15, -0.1) is 0 Å². The fourth-order valence-electron chi connectivity index (χ4n) is 3.80. The third kappa shape index (κ3) is 3.53. The van der Waals surface area contributed by atoms with Crippen LogP contribution in [0.2, 0.25) is 0 Å². The number of esters is 1. The summed E-state index contributed by atoms with van der Waals surface area (Å²) in [5.41, 5.74) is 0.999. The second kappa shape index (κ2) is 7.12. The van der Waals surface area contributed by atoms with Crippen molar-refractivity contribution in [2.45, 2.75) is 43.4 Å². The van der Waals surface area contributed by atoms with E-state index in [2.05, 4.69) is 15.9 Å². The summed E-state index contributed by atoms with van der Waals surface area (Å²) >= 11 is 3.87. The van der Waals surface area contributed by atoms with Gasteiger partial charge in [0.25, 0.3) is 0 Å². The molecule has 0 N–H and O–H groups in total. The predicted molar refractivity (Wildman–Crippen MR) is 87.3 cm³/mol. The Morgan fingerprint density at radius 3 is 2.55 bits per heavy atom. The highest BCUT2D eigenvalue weighted by atomic mass is 79.9. The van der Waals surface area contributed by atoms with Gasteiger partial charge in [0.2, 0.25) is 0 Å². The molecule has 2 nitrogen and oxygen atoms in total. The van der Waals surface area contributed by atoms with E-state index in [0.29, 0.717) is 23.8 Å². The van der Waals surface area contributed by atoms with Gasteiger partial charge in [-0.25, -0.2) is 4.39 Å². The van der Waals surface area contributed by atoms with Gasteiger partial charge in [0.1, 0.15) is 5.82 Å². The van der Waals surface area contributed by atoms with Crippen LogP contribution in [0.4, 0.5) is 4.39 Å². The lowest BCUT2D eigenvalue weighted by Crippen LogP contribution is -2.32. The molecule has 1 aromatic rings. The van der Waals surface area contributed by atoms with Gasteiger partial charge in [-0.05, 0) is 42.9 Å².